The highest BCUT2D eigenvalue weighted by atomic mass is 79.9. The Morgan fingerprint density at radius 1 is 1.14 bits per heavy atom. The molecule has 3 rings (SSSR count). The lowest BCUT2D eigenvalue weighted by Gasteiger charge is -2.25. The number of rotatable bonds is 2. The van der Waals surface area contributed by atoms with Crippen molar-refractivity contribution in [1.82, 2.24) is 5.16 Å². The Labute approximate surface area is 134 Å². The van der Waals surface area contributed by atoms with Crippen molar-refractivity contribution in [2.45, 2.75) is 43.5 Å². The number of aliphatic hydroxyl groups excluding tert-OH is 1. The lowest BCUT2D eigenvalue weighted by molar-refractivity contribution is 0.00449. The van der Waals surface area contributed by atoms with E-state index in [9.17, 15) is 5.11 Å². The molecule has 3 heterocycles. The van der Waals surface area contributed by atoms with Gasteiger partial charge in [0.2, 0.25) is 0 Å². The largest absolute Gasteiger partial charge is 0.386 e. The average molecular weight is 362 g/mol. The quantitative estimate of drug-likeness (QED) is 0.820. The Hall–Kier alpha value is -0.430. The molecule has 2 aliphatic heterocycles. The summed E-state index contributed by atoms with van der Waals surface area (Å²) in [6.45, 7) is 5.18. The molecule has 1 aromatic heterocycles. The molecule has 0 aliphatic carbocycles. The van der Waals surface area contributed by atoms with Crippen molar-refractivity contribution in [2.75, 3.05) is 26.4 Å². The first-order valence-electron chi connectivity index (χ1n) is 7.57. The van der Waals surface area contributed by atoms with Gasteiger partial charge in [-0.3, -0.25) is 0 Å². The van der Waals surface area contributed by atoms with Gasteiger partial charge in [-0.15, -0.1) is 0 Å². The summed E-state index contributed by atoms with van der Waals surface area (Å²) in [5.41, 5.74) is 0.648. The van der Waals surface area contributed by atoms with Crippen LogP contribution in [0.2, 0.25) is 0 Å². The number of aryl methyl sites for hydroxylation is 1. The van der Waals surface area contributed by atoms with Gasteiger partial charge in [0, 0.05) is 37.3 Å². The van der Waals surface area contributed by atoms with Crippen LogP contribution < -0.4 is 0 Å². The highest BCUT2D eigenvalue weighted by Crippen LogP contribution is 2.29. The third-order valence-corrected chi connectivity index (χ3v) is 4.73. The number of nitrogens with zero attached hydrogens (tertiary/aromatic N) is 1. The highest BCUT2D eigenvalue weighted by molar-refractivity contribution is 9.09. The number of hydrogen-bond acceptors (Lipinski definition) is 5. The van der Waals surface area contributed by atoms with Crippen molar-refractivity contribution in [1.29, 1.82) is 0 Å². The minimum Gasteiger partial charge on any atom is -0.386 e. The summed E-state index contributed by atoms with van der Waals surface area (Å²) in [6, 6.07) is 1.79. The normalized spacial score (nSPS) is 22.4. The predicted molar refractivity (Wildman–Crippen MR) is 82.5 cm³/mol. The summed E-state index contributed by atoms with van der Waals surface area (Å²) < 4.78 is 15.3. The van der Waals surface area contributed by atoms with Gasteiger partial charge in [-0.05, 0) is 38.5 Å². The first-order valence-corrected chi connectivity index (χ1v) is 8.49. The van der Waals surface area contributed by atoms with Gasteiger partial charge in [0.25, 0.3) is 0 Å². The van der Waals surface area contributed by atoms with Crippen molar-refractivity contribution in [3.05, 3.63) is 17.5 Å². The van der Waals surface area contributed by atoms with E-state index >= 15 is 0 Å². The summed E-state index contributed by atoms with van der Waals surface area (Å²) in [5, 5.41) is 13.8. The maximum absolute atomic E-state index is 9.98. The first kappa shape index (κ1) is 16.9. The number of aliphatic hydroxyl groups is 1. The van der Waals surface area contributed by atoms with Crippen LogP contribution >= 0.6 is 15.9 Å². The van der Waals surface area contributed by atoms with Gasteiger partial charge in [-0.1, -0.05) is 21.1 Å². The molecule has 5 nitrogen and oxygen atoms in total. The molecule has 1 N–H and O–H groups in total. The molecule has 120 valence electrons. The van der Waals surface area contributed by atoms with Crippen LogP contribution in [0.1, 0.15) is 43.2 Å². The zero-order valence-corrected chi connectivity index (χ0v) is 14.0. The highest BCUT2D eigenvalue weighted by Gasteiger charge is 2.25. The molecule has 2 aliphatic rings. The van der Waals surface area contributed by atoms with Crippen LogP contribution in [-0.4, -0.2) is 41.5 Å². The molecule has 0 aromatic carbocycles. The molecule has 6 heteroatoms. The van der Waals surface area contributed by atoms with Gasteiger partial charge >= 0.3 is 0 Å². The van der Waals surface area contributed by atoms with Gasteiger partial charge in [0.15, 0.2) is 0 Å². The second-order valence-corrected chi connectivity index (χ2v) is 6.84. The maximum Gasteiger partial charge on any atom is 0.134 e. The molecule has 0 saturated carbocycles. The number of halogens is 1. The van der Waals surface area contributed by atoms with Crippen LogP contribution in [0.4, 0.5) is 0 Å². The third kappa shape index (κ3) is 5.70. The summed E-state index contributed by atoms with van der Waals surface area (Å²) in [5.74, 6) is 0.999. The van der Waals surface area contributed by atoms with Crippen LogP contribution in [0.25, 0.3) is 0 Å². The minimum atomic E-state index is -0.503. The Morgan fingerprint density at radius 2 is 1.71 bits per heavy atom. The number of ether oxygens (including phenoxy) is 2. The number of alkyl halides is 1. The second kappa shape index (κ2) is 8.88. The Balaban J connectivity index is 0.000000194. The minimum absolute atomic E-state index is 0.258. The molecular formula is C15H24BrNO4. The summed E-state index contributed by atoms with van der Waals surface area (Å²) >= 11 is 3.51. The van der Waals surface area contributed by atoms with E-state index in [1.165, 1.54) is 12.8 Å². The molecule has 1 aromatic rings. The van der Waals surface area contributed by atoms with E-state index in [0.717, 1.165) is 49.9 Å². The molecule has 0 radical (unpaired) electrons. The number of hydrogen-bond donors (Lipinski definition) is 1. The summed E-state index contributed by atoms with van der Waals surface area (Å²) in [6.07, 6.45) is 3.65. The van der Waals surface area contributed by atoms with Crippen molar-refractivity contribution in [3.8, 4) is 0 Å². The van der Waals surface area contributed by atoms with Crippen LogP contribution in [0.5, 0.6) is 0 Å². The zero-order valence-electron chi connectivity index (χ0n) is 12.5. The standard InChI is InChI=1S/C10H15NO3.C5H9BrO/c1-7-6-9(11-14-7)10(12)8-2-4-13-5-3-8;6-5-1-3-7-4-2-5/h6,8,10,12H,2-5H2,1H3;5H,1-4H2. The SMILES string of the molecule is BrC1CCOCC1.Cc1cc(C(O)C2CCOCC2)no1. The fraction of sp³-hybridized carbons (Fsp3) is 0.800. The maximum atomic E-state index is 9.98. The molecule has 1 atom stereocenters. The van der Waals surface area contributed by atoms with Crippen LogP contribution in [0, 0.1) is 12.8 Å². The Kier molecular flexibility index (Phi) is 7.16. The van der Waals surface area contributed by atoms with Crippen molar-refractivity contribution in [2.24, 2.45) is 5.92 Å². The lowest BCUT2D eigenvalue weighted by Crippen LogP contribution is -2.22. The van der Waals surface area contributed by atoms with Gasteiger partial charge in [0.05, 0.1) is 0 Å². The first-order chi connectivity index (χ1) is 10.2. The monoisotopic (exact) mass is 361 g/mol. The van der Waals surface area contributed by atoms with E-state index < -0.39 is 6.10 Å². The molecule has 0 amide bonds. The van der Waals surface area contributed by atoms with E-state index in [1.807, 2.05) is 6.92 Å². The van der Waals surface area contributed by atoms with E-state index in [0.29, 0.717) is 5.69 Å². The Bertz CT molecular complexity index is 400. The zero-order chi connectivity index (χ0) is 15.1. The molecule has 0 spiro atoms. The van der Waals surface area contributed by atoms with Crippen molar-refractivity contribution < 1.29 is 19.1 Å². The fourth-order valence-electron chi connectivity index (χ4n) is 2.47. The predicted octanol–water partition coefficient (Wildman–Crippen LogP) is 3.00. The summed E-state index contributed by atoms with van der Waals surface area (Å²) in [4.78, 5) is 0.723. The van der Waals surface area contributed by atoms with Crippen LogP contribution in [-0.2, 0) is 9.47 Å². The average Bonchev–Trinajstić information content (AvgIpc) is 2.95. The Morgan fingerprint density at radius 3 is 2.14 bits per heavy atom. The molecular weight excluding hydrogens is 338 g/mol. The van der Waals surface area contributed by atoms with E-state index in [4.69, 9.17) is 14.0 Å². The van der Waals surface area contributed by atoms with E-state index in [-0.39, 0.29) is 5.92 Å². The molecule has 0 bridgehead atoms. The lowest BCUT2D eigenvalue weighted by atomic mass is 9.92. The second-order valence-electron chi connectivity index (χ2n) is 5.54. The smallest absolute Gasteiger partial charge is 0.134 e. The fourth-order valence-corrected chi connectivity index (χ4v) is 2.84. The van der Waals surface area contributed by atoms with Gasteiger partial charge < -0.3 is 19.1 Å². The van der Waals surface area contributed by atoms with E-state index in [1.54, 1.807) is 6.07 Å². The van der Waals surface area contributed by atoms with Crippen LogP contribution in [0.3, 0.4) is 0 Å². The summed E-state index contributed by atoms with van der Waals surface area (Å²) in [7, 11) is 0. The topological polar surface area (TPSA) is 64.7 Å². The van der Waals surface area contributed by atoms with Crippen molar-refractivity contribution >= 4 is 15.9 Å². The molecule has 2 saturated heterocycles. The van der Waals surface area contributed by atoms with Gasteiger partial charge in [-0.25, -0.2) is 0 Å². The van der Waals surface area contributed by atoms with Gasteiger partial charge in [0.1, 0.15) is 17.6 Å². The third-order valence-electron chi connectivity index (χ3n) is 3.81. The molecule has 1 unspecified atom stereocenters. The number of aromatic nitrogens is 1. The van der Waals surface area contributed by atoms with E-state index in [2.05, 4.69) is 21.1 Å². The molecule has 2 fully saturated rings. The van der Waals surface area contributed by atoms with Gasteiger partial charge in [-0.2, -0.15) is 0 Å². The van der Waals surface area contributed by atoms with Crippen LogP contribution in [0.15, 0.2) is 10.6 Å². The molecule has 21 heavy (non-hydrogen) atoms. The van der Waals surface area contributed by atoms with Crippen molar-refractivity contribution in [3.63, 3.8) is 0 Å².